The maximum atomic E-state index is 14.0. The SMILES string of the molecule is CC1(C)CC[C@]2(C(=O)O)CC[C@]3(C)C(=CCC4[C@@]5(C)CC(C(=O)NCCc6ccc(F)cc6)C(=O)C(C)(C)C5CC[C@]43C)C2C1. The highest BCUT2D eigenvalue weighted by molar-refractivity contribution is 6.04. The third kappa shape index (κ3) is 4.69. The van der Waals surface area contributed by atoms with Gasteiger partial charge in [-0.25, -0.2) is 4.39 Å². The second kappa shape index (κ2) is 10.5. The lowest BCUT2D eigenvalue weighted by molar-refractivity contribution is -0.195. The van der Waals surface area contributed by atoms with E-state index in [1.807, 2.05) is 0 Å². The fourth-order valence-electron chi connectivity index (χ4n) is 11.9. The molecule has 4 fully saturated rings. The Morgan fingerprint density at radius 2 is 1.58 bits per heavy atom. The van der Waals surface area contributed by atoms with E-state index >= 15 is 0 Å². The van der Waals surface area contributed by atoms with Gasteiger partial charge in [-0.15, -0.1) is 0 Å². The number of carbonyl (C=O) groups is 3. The zero-order chi connectivity index (χ0) is 32.8. The Morgan fingerprint density at radius 1 is 0.911 bits per heavy atom. The largest absolute Gasteiger partial charge is 0.481 e. The monoisotopic (exact) mass is 619 g/mol. The molecule has 5 aliphatic carbocycles. The smallest absolute Gasteiger partial charge is 0.310 e. The van der Waals surface area contributed by atoms with Gasteiger partial charge in [0.05, 0.1) is 11.3 Å². The first-order valence-corrected chi connectivity index (χ1v) is 17.4. The Bertz CT molecular complexity index is 1430. The summed E-state index contributed by atoms with van der Waals surface area (Å²) >= 11 is 0. The molecule has 5 nitrogen and oxygen atoms in total. The van der Waals surface area contributed by atoms with Crippen molar-refractivity contribution in [3.63, 3.8) is 0 Å². The predicted molar refractivity (Wildman–Crippen MR) is 174 cm³/mol. The lowest BCUT2D eigenvalue weighted by Crippen LogP contribution is -2.66. The van der Waals surface area contributed by atoms with E-state index in [4.69, 9.17) is 0 Å². The maximum Gasteiger partial charge on any atom is 0.310 e. The Kier molecular flexibility index (Phi) is 7.57. The van der Waals surface area contributed by atoms with Gasteiger partial charge in [0, 0.05) is 12.0 Å². The molecule has 4 saturated carbocycles. The van der Waals surface area contributed by atoms with Gasteiger partial charge in [0.2, 0.25) is 5.91 Å². The molecule has 2 N–H and O–H groups in total. The first-order valence-electron chi connectivity index (χ1n) is 17.4. The van der Waals surface area contributed by atoms with Crippen LogP contribution in [0.2, 0.25) is 0 Å². The quantitative estimate of drug-likeness (QED) is 0.257. The van der Waals surface area contributed by atoms with Crippen molar-refractivity contribution in [3.05, 3.63) is 47.3 Å². The van der Waals surface area contributed by atoms with Gasteiger partial charge < -0.3 is 10.4 Å². The van der Waals surface area contributed by atoms with Crippen LogP contribution in [-0.4, -0.2) is 29.3 Å². The molecule has 0 aromatic heterocycles. The Labute approximate surface area is 269 Å². The fraction of sp³-hybridized carbons (Fsp3) is 0.718. The minimum Gasteiger partial charge on any atom is -0.481 e. The number of amides is 1. The molecule has 4 unspecified atom stereocenters. The maximum absolute atomic E-state index is 14.0. The molecule has 1 amide bonds. The van der Waals surface area contributed by atoms with Crippen LogP contribution >= 0.6 is 0 Å². The number of aliphatic carboxylic acids is 1. The summed E-state index contributed by atoms with van der Waals surface area (Å²) in [7, 11) is 0. The minimum atomic E-state index is -0.694. The summed E-state index contributed by atoms with van der Waals surface area (Å²) in [5.41, 5.74) is 0.815. The van der Waals surface area contributed by atoms with Crippen molar-refractivity contribution in [2.24, 2.45) is 56.2 Å². The Morgan fingerprint density at radius 3 is 2.24 bits per heavy atom. The molecule has 45 heavy (non-hydrogen) atoms. The lowest BCUT2D eigenvalue weighted by atomic mass is 9.33. The highest BCUT2D eigenvalue weighted by atomic mass is 19.1. The van der Waals surface area contributed by atoms with Gasteiger partial charge >= 0.3 is 5.97 Å². The van der Waals surface area contributed by atoms with Crippen LogP contribution < -0.4 is 5.32 Å². The number of hydrogen-bond acceptors (Lipinski definition) is 3. The molecule has 6 heteroatoms. The van der Waals surface area contributed by atoms with Crippen molar-refractivity contribution in [1.82, 2.24) is 5.32 Å². The molecule has 0 aliphatic heterocycles. The molecule has 1 aromatic rings. The molecular formula is C39H54FNO4. The van der Waals surface area contributed by atoms with Crippen LogP contribution in [0.5, 0.6) is 0 Å². The summed E-state index contributed by atoms with van der Waals surface area (Å²) in [6.45, 7) is 16.4. The molecular weight excluding hydrogens is 565 g/mol. The van der Waals surface area contributed by atoms with Gasteiger partial charge in [-0.3, -0.25) is 14.4 Å². The van der Waals surface area contributed by atoms with Crippen LogP contribution in [0.25, 0.3) is 0 Å². The van der Waals surface area contributed by atoms with Crippen molar-refractivity contribution < 1.29 is 23.9 Å². The Balaban J connectivity index is 1.31. The number of Topliss-reactive ketones (excluding diaryl/α,β-unsaturated/α-hetero) is 1. The van der Waals surface area contributed by atoms with Crippen molar-refractivity contribution in [3.8, 4) is 0 Å². The number of rotatable bonds is 5. The average molecular weight is 620 g/mol. The highest BCUT2D eigenvalue weighted by Crippen LogP contribution is 2.75. The number of carboxylic acids is 1. The first kappa shape index (κ1) is 32.4. The minimum absolute atomic E-state index is 0.0470. The number of halogens is 1. The van der Waals surface area contributed by atoms with E-state index in [-0.39, 0.29) is 51.0 Å². The topological polar surface area (TPSA) is 83.5 Å². The number of allylic oxidation sites excluding steroid dienone is 2. The molecule has 1 aromatic carbocycles. The predicted octanol–water partition coefficient (Wildman–Crippen LogP) is 8.17. The van der Waals surface area contributed by atoms with Crippen LogP contribution in [0.1, 0.15) is 112 Å². The fourth-order valence-corrected chi connectivity index (χ4v) is 11.9. The normalized spacial score (nSPS) is 41.4. The number of nitrogens with one attached hydrogen (secondary N) is 1. The van der Waals surface area contributed by atoms with Crippen molar-refractivity contribution in [2.45, 2.75) is 113 Å². The summed E-state index contributed by atoms with van der Waals surface area (Å²) in [6.07, 6.45) is 10.7. The van der Waals surface area contributed by atoms with Crippen molar-refractivity contribution in [1.29, 1.82) is 0 Å². The molecule has 0 heterocycles. The molecule has 8 atom stereocenters. The third-order valence-electron chi connectivity index (χ3n) is 14.7. The summed E-state index contributed by atoms with van der Waals surface area (Å²) < 4.78 is 13.3. The van der Waals surface area contributed by atoms with E-state index in [9.17, 15) is 23.9 Å². The molecule has 246 valence electrons. The molecule has 5 aliphatic rings. The molecule has 6 rings (SSSR count). The average Bonchev–Trinajstić information content (AvgIpc) is 2.96. The third-order valence-corrected chi connectivity index (χ3v) is 14.7. The van der Waals surface area contributed by atoms with E-state index in [0.29, 0.717) is 25.3 Å². The van der Waals surface area contributed by atoms with Gasteiger partial charge in [-0.05, 0) is 121 Å². The molecule has 0 radical (unpaired) electrons. The number of hydrogen-bond donors (Lipinski definition) is 2. The summed E-state index contributed by atoms with van der Waals surface area (Å²) in [5.74, 6) is -1.18. The van der Waals surface area contributed by atoms with Gasteiger partial charge in [-0.2, -0.15) is 0 Å². The van der Waals surface area contributed by atoms with Gasteiger partial charge in [0.15, 0.2) is 5.78 Å². The van der Waals surface area contributed by atoms with E-state index in [1.165, 1.54) is 17.7 Å². The highest BCUT2D eigenvalue weighted by Gasteiger charge is 2.70. The molecule has 0 bridgehead atoms. The first-order chi connectivity index (χ1) is 20.9. The summed E-state index contributed by atoms with van der Waals surface area (Å²) in [6, 6.07) is 6.32. The van der Waals surface area contributed by atoms with Crippen molar-refractivity contribution in [2.75, 3.05) is 6.54 Å². The number of ketones is 1. The van der Waals surface area contributed by atoms with Gasteiger partial charge in [-0.1, -0.05) is 72.2 Å². The number of carboxylic acid groups (broad SMARTS) is 1. The molecule has 0 saturated heterocycles. The number of fused-ring (bicyclic) bond motifs is 7. The number of carbonyl (C=O) groups excluding carboxylic acids is 2. The molecule has 0 spiro atoms. The van der Waals surface area contributed by atoms with Crippen LogP contribution in [0, 0.1) is 62.0 Å². The van der Waals surface area contributed by atoms with Crippen molar-refractivity contribution >= 4 is 17.7 Å². The second-order valence-electron chi connectivity index (χ2n) is 17.7. The van der Waals surface area contributed by atoms with E-state index < -0.39 is 22.7 Å². The Hall–Kier alpha value is -2.50. The zero-order valence-corrected chi connectivity index (χ0v) is 28.5. The standard InChI is InChI=1S/C39H54FNO4/c1-34(2)17-19-39(33(44)45)20-18-37(6)27(28(39)23-34)12-13-30-36(5)22-26(31(42)35(3,4)29(36)14-16-38(30,37)7)32(43)41-21-15-24-8-10-25(40)11-9-24/h8-12,26,28-30H,13-23H2,1-7H3,(H,41,43)(H,44,45)/t26?,28?,29?,30?,36-,37+,38+,39-/m0/s1. The van der Waals surface area contributed by atoms with E-state index in [2.05, 4.69) is 59.9 Å². The van der Waals surface area contributed by atoms with Crippen LogP contribution in [0.15, 0.2) is 35.9 Å². The summed E-state index contributed by atoms with van der Waals surface area (Å²) in [4.78, 5) is 40.7. The zero-order valence-electron chi connectivity index (χ0n) is 28.5. The van der Waals surface area contributed by atoms with Crippen LogP contribution in [0.3, 0.4) is 0 Å². The summed E-state index contributed by atoms with van der Waals surface area (Å²) in [5, 5.41) is 13.7. The second-order valence-corrected chi connectivity index (χ2v) is 17.7. The van der Waals surface area contributed by atoms with Crippen LogP contribution in [-0.2, 0) is 20.8 Å². The van der Waals surface area contributed by atoms with Gasteiger partial charge in [0.25, 0.3) is 0 Å². The van der Waals surface area contributed by atoms with Gasteiger partial charge in [0.1, 0.15) is 5.82 Å². The van der Waals surface area contributed by atoms with Crippen LogP contribution in [0.4, 0.5) is 4.39 Å². The van der Waals surface area contributed by atoms with E-state index in [0.717, 1.165) is 56.9 Å². The van der Waals surface area contributed by atoms with E-state index in [1.54, 1.807) is 12.1 Å². The number of benzene rings is 1. The lowest BCUT2D eigenvalue weighted by Gasteiger charge is -2.70.